The number of carbonyl (C=O) groups is 2. The van der Waals surface area contributed by atoms with Crippen LogP contribution < -0.4 is 5.32 Å². The lowest BCUT2D eigenvalue weighted by molar-refractivity contribution is -0.394. The Balaban J connectivity index is 2.16. The number of halogens is 1. The molecule has 2 rings (SSSR count). The number of rotatable bonds is 6. The molecule has 0 aliphatic heterocycles. The fraction of sp³-hybridized carbons (Fsp3) is 0.176. The van der Waals surface area contributed by atoms with Gasteiger partial charge in [-0.25, -0.2) is 0 Å². The van der Waals surface area contributed by atoms with Crippen molar-refractivity contribution >= 4 is 44.8 Å². The van der Waals surface area contributed by atoms with Crippen LogP contribution in [0, 0.1) is 27.2 Å². The monoisotopic (exact) mass is 450 g/mol. The molecule has 2 aromatic carbocycles. The van der Waals surface area contributed by atoms with Crippen molar-refractivity contribution in [2.75, 3.05) is 18.9 Å². The van der Waals surface area contributed by atoms with Crippen LogP contribution in [0.4, 0.5) is 17.1 Å². The van der Waals surface area contributed by atoms with Gasteiger partial charge in [0, 0.05) is 29.3 Å². The first-order valence-electron chi connectivity index (χ1n) is 7.84. The van der Waals surface area contributed by atoms with Gasteiger partial charge in [-0.15, -0.1) is 0 Å². The third-order valence-electron chi connectivity index (χ3n) is 3.76. The number of aryl methyl sites for hydroxylation is 1. The number of nitrogens with one attached hydrogen (secondary N) is 1. The Kier molecular flexibility index (Phi) is 6.41. The average molecular weight is 451 g/mol. The van der Waals surface area contributed by atoms with E-state index in [9.17, 15) is 29.8 Å². The lowest BCUT2D eigenvalue weighted by atomic mass is 10.1. The Morgan fingerprint density at radius 1 is 1.07 bits per heavy atom. The van der Waals surface area contributed by atoms with Gasteiger partial charge < -0.3 is 10.2 Å². The van der Waals surface area contributed by atoms with Crippen LogP contribution in [0.2, 0.25) is 0 Å². The molecule has 2 amide bonds. The van der Waals surface area contributed by atoms with Crippen molar-refractivity contribution in [3.63, 3.8) is 0 Å². The quantitative estimate of drug-likeness (QED) is 0.529. The largest absolute Gasteiger partial charge is 0.332 e. The normalized spacial score (nSPS) is 10.2. The summed E-state index contributed by atoms with van der Waals surface area (Å²) in [5.41, 5.74) is -0.0381. The van der Waals surface area contributed by atoms with Crippen molar-refractivity contribution in [2.45, 2.75) is 6.92 Å². The number of anilines is 1. The molecule has 0 heterocycles. The fourth-order valence-electron chi connectivity index (χ4n) is 2.39. The van der Waals surface area contributed by atoms with Gasteiger partial charge in [-0.1, -0.05) is 15.9 Å². The van der Waals surface area contributed by atoms with Gasteiger partial charge in [-0.2, -0.15) is 0 Å². The minimum absolute atomic E-state index is 0.254. The molecule has 0 saturated heterocycles. The zero-order chi connectivity index (χ0) is 21.0. The summed E-state index contributed by atoms with van der Waals surface area (Å²) in [6, 6.07) is 7.89. The summed E-state index contributed by atoms with van der Waals surface area (Å²) < 4.78 is 0.850. The van der Waals surface area contributed by atoms with Crippen molar-refractivity contribution in [3.8, 4) is 0 Å². The van der Waals surface area contributed by atoms with Crippen LogP contribution in [0.15, 0.2) is 40.9 Å². The highest BCUT2D eigenvalue weighted by Gasteiger charge is 2.23. The zero-order valence-electron chi connectivity index (χ0n) is 14.8. The molecular formula is C17H15BrN4O6. The van der Waals surface area contributed by atoms with Crippen LogP contribution in [0.5, 0.6) is 0 Å². The van der Waals surface area contributed by atoms with Crippen LogP contribution in [-0.4, -0.2) is 40.2 Å². The number of likely N-dealkylation sites (N-methyl/N-ethyl adjacent to an activating group) is 1. The Hall–Kier alpha value is -3.34. The molecule has 28 heavy (non-hydrogen) atoms. The number of nitrogens with zero attached hydrogens (tertiary/aromatic N) is 3. The lowest BCUT2D eigenvalue weighted by Gasteiger charge is -2.17. The first-order chi connectivity index (χ1) is 13.1. The van der Waals surface area contributed by atoms with E-state index < -0.39 is 33.0 Å². The van der Waals surface area contributed by atoms with E-state index in [2.05, 4.69) is 21.2 Å². The van der Waals surface area contributed by atoms with E-state index in [4.69, 9.17) is 0 Å². The lowest BCUT2D eigenvalue weighted by Crippen LogP contribution is -2.35. The third-order valence-corrected chi connectivity index (χ3v) is 4.25. The van der Waals surface area contributed by atoms with Crippen LogP contribution >= 0.6 is 15.9 Å². The predicted octanol–water partition coefficient (Wildman–Crippen LogP) is 3.28. The van der Waals surface area contributed by atoms with Crippen molar-refractivity contribution in [1.82, 2.24) is 4.90 Å². The van der Waals surface area contributed by atoms with Gasteiger partial charge in [0.15, 0.2) is 0 Å². The van der Waals surface area contributed by atoms with Gasteiger partial charge in [0.05, 0.1) is 28.0 Å². The molecule has 0 unspecified atom stereocenters. The molecule has 0 bridgehead atoms. The number of benzene rings is 2. The average Bonchev–Trinajstić information content (AvgIpc) is 2.62. The fourth-order valence-corrected chi connectivity index (χ4v) is 2.87. The van der Waals surface area contributed by atoms with E-state index >= 15 is 0 Å². The first-order valence-corrected chi connectivity index (χ1v) is 8.63. The Morgan fingerprint density at radius 2 is 1.64 bits per heavy atom. The van der Waals surface area contributed by atoms with E-state index in [1.54, 1.807) is 19.1 Å². The molecule has 0 radical (unpaired) electrons. The number of hydrogen-bond acceptors (Lipinski definition) is 6. The SMILES string of the molecule is Cc1cc(Br)ccc1NC(=O)CN(C)C(=O)c1cc([N+](=O)[O-])cc([N+](=O)[O-])c1. The highest BCUT2D eigenvalue weighted by molar-refractivity contribution is 9.10. The summed E-state index contributed by atoms with van der Waals surface area (Å²) in [6.45, 7) is 1.46. The molecule has 0 saturated carbocycles. The molecule has 0 aromatic heterocycles. The third kappa shape index (κ3) is 5.10. The summed E-state index contributed by atoms with van der Waals surface area (Å²) in [5.74, 6) is -1.24. The molecule has 10 nitrogen and oxygen atoms in total. The maximum absolute atomic E-state index is 12.5. The number of nitro groups is 2. The Labute approximate surface area is 167 Å². The highest BCUT2D eigenvalue weighted by Crippen LogP contribution is 2.24. The van der Waals surface area contributed by atoms with Crippen LogP contribution in [-0.2, 0) is 4.79 Å². The number of carbonyl (C=O) groups excluding carboxylic acids is 2. The summed E-state index contributed by atoms with van der Waals surface area (Å²) >= 11 is 3.32. The molecule has 146 valence electrons. The summed E-state index contributed by atoms with van der Waals surface area (Å²) in [6.07, 6.45) is 0. The van der Waals surface area contributed by atoms with E-state index in [0.29, 0.717) is 5.69 Å². The van der Waals surface area contributed by atoms with Crippen LogP contribution in [0.3, 0.4) is 0 Å². The summed E-state index contributed by atoms with van der Waals surface area (Å²) in [7, 11) is 1.32. The van der Waals surface area contributed by atoms with Gasteiger partial charge in [0.25, 0.3) is 17.3 Å². The van der Waals surface area contributed by atoms with Gasteiger partial charge in [0.2, 0.25) is 5.91 Å². The number of nitro benzene ring substituents is 2. The minimum atomic E-state index is -0.827. The maximum atomic E-state index is 12.5. The Morgan fingerprint density at radius 3 is 2.14 bits per heavy atom. The standard InChI is InChI=1S/C17H15BrN4O6/c1-10-5-12(18)3-4-15(10)19-16(23)9-20(2)17(24)11-6-13(21(25)26)8-14(7-11)22(27)28/h3-8H,9H2,1-2H3,(H,19,23). The predicted molar refractivity (Wildman–Crippen MR) is 104 cm³/mol. The van der Waals surface area contributed by atoms with Crippen molar-refractivity contribution < 1.29 is 19.4 Å². The first kappa shape index (κ1) is 21.0. The second-order valence-corrected chi connectivity index (χ2v) is 6.84. The van der Waals surface area contributed by atoms with E-state index in [1.165, 1.54) is 7.05 Å². The van der Waals surface area contributed by atoms with Crippen molar-refractivity contribution in [1.29, 1.82) is 0 Å². The van der Waals surface area contributed by atoms with Crippen molar-refractivity contribution in [2.24, 2.45) is 0 Å². The number of non-ortho nitro benzene ring substituents is 2. The summed E-state index contributed by atoms with van der Waals surface area (Å²) in [4.78, 5) is 46.0. The smallest absolute Gasteiger partial charge is 0.277 e. The summed E-state index contributed by atoms with van der Waals surface area (Å²) in [5, 5.41) is 24.6. The Bertz CT molecular complexity index is 946. The molecular weight excluding hydrogens is 436 g/mol. The number of hydrogen-bond donors (Lipinski definition) is 1. The molecule has 0 spiro atoms. The second kappa shape index (κ2) is 8.57. The zero-order valence-corrected chi connectivity index (χ0v) is 16.4. The van der Waals surface area contributed by atoms with Crippen LogP contribution in [0.25, 0.3) is 0 Å². The molecule has 0 atom stereocenters. The molecule has 1 N–H and O–H groups in total. The molecule has 0 fully saturated rings. The molecule has 0 aliphatic carbocycles. The molecule has 2 aromatic rings. The number of amides is 2. The van der Waals surface area contributed by atoms with E-state index in [-0.39, 0.29) is 12.1 Å². The highest BCUT2D eigenvalue weighted by atomic mass is 79.9. The van der Waals surface area contributed by atoms with E-state index in [0.717, 1.165) is 33.1 Å². The van der Waals surface area contributed by atoms with Crippen LogP contribution in [0.1, 0.15) is 15.9 Å². The molecule has 11 heteroatoms. The van der Waals surface area contributed by atoms with Gasteiger partial charge in [-0.05, 0) is 30.7 Å². The topological polar surface area (TPSA) is 136 Å². The van der Waals surface area contributed by atoms with Gasteiger partial charge >= 0.3 is 0 Å². The minimum Gasteiger partial charge on any atom is -0.332 e. The van der Waals surface area contributed by atoms with Gasteiger partial charge in [-0.3, -0.25) is 29.8 Å². The molecule has 0 aliphatic rings. The van der Waals surface area contributed by atoms with E-state index in [1.807, 2.05) is 6.07 Å². The van der Waals surface area contributed by atoms with Crippen molar-refractivity contribution in [3.05, 3.63) is 72.2 Å². The maximum Gasteiger partial charge on any atom is 0.277 e. The van der Waals surface area contributed by atoms with Gasteiger partial charge in [0.1, 0.15) is 0 Å². The second-order valence-electron chi connectivity index (χ2n) is 5.92.